The first-order valence-electron chi connectivity index (χ1n) is 16.9. The van der Waals surface area contributed by atoms with Crippen molar-refractivity contribution in [3.63, 3.8) is 0 Å². The molecule has 0 amide bonds. The molecule has 0 aliphatic heterocycles. The van der Waals surface area contributed by atoms with Crippen molar-refractivity contribution in [3.05, 3.63) is 49.2 Å². The van der Waals surface area contributed by atoms with Crippen molar-refractivity contribution in [3.8, 4) is 0 Å². The molecule has 0 N–H and O–H groups in total. The third kappa shape index (κ3) is 41.1. The average molecular weight is 694 g/mol. The van der Waals surface area contributed by atoms with Gasteiger partial charge in [0.15, 0.2) is 0 Å². The Morgan fingerprint density at radius 2 is 0.929 bits per heavy atom. The average Bonchev–Trinajstić information content (AvgIpc) is 2.98. The van der Waals surface area contributed by atoms with Crippen LogP contribution in [0.15, 0.2) is 24.3 Å². The summed E-state index contributed by atoms with van der Waals surface area (Å²) in [4.78, 5) is 20.9. The quantitative estimate of drug-likeness (QED) is 0.0896. The van der Waals surface area contributed by atoms with E-state index >= 15 is 0 Å². The fourth-order valence-corrected chi connectivity index (χ4v) is 3.95. The summed E-state index contributed by atoms with van der Waals surface area (Å²) in [6, 6.07) is 7.03. The van der Waals surface area contributed by atoms with Crippen LogP contribution in [0.4, 0.5) is 0 Å². The number of carbonyl (C=O) groups excluding carboxylic acids is 2. The van der Waals surface area contributed by atoms with Gasteiger partial charge in [-0.3, -0.25) is 0 Å². The predicted molar refractivity (Wildman–Crippen MR) is 180 cm³/mol. The number of aromatic carboxylic acids is 1. The molecule has 4 radical (unpaired) electrons. The maximum Gasteiger partial charge on any atom is 2.00 e. The van der Waals surface area contributed by atoms with E-state index in [0.29, 0.717) is 5.56 Å². The van der Waals surface area contributed by atoms with Gasteiger partial charge in [0.1, 0.15) is 0 Å². The minimum absolute atomic E-state index is 0. The Hall–Kier alpha value is -1.04. The van der Waals surface area contributed by atoms with Crippen molar-refractivity contribution < 1.29 is 19.8 Å². The molecule has 0 aliphatic rings. The molecule has 5 heteroatoms. The maximum atomic E-state index is 10.7. The summed E-state index contributed by atoms with van der Waals surface area (Å²) in [6.07, 6.45) is 27.3. The number of hydrogen-bond acceptors (Lipinski definition) is 4. The molecule has 1 rings (SSSR count). The van der Waals surface area contributed by atoms with E-state index in [1.165, 1.54) is 96.3 Å². The van der Waals surface area contributed by atoms with Gasteiger partial charge < -0.3 is 19.8 Å². The van der Waals surface area contributed by atoms with Crippen LogP contribution in [0.5, 0.6) is 0 Å². The van der Waals surface area contributed by atoms with Crippen molar-refractivity contribution in [2.24, 2.45) is 0 Å². The molecule has 42 heavy (non-hydrogen) atoms. The number of carbonyl (C=O) groups is 2. The normalized spacial score (nSPS) is 9.67. The Morgan fingerprint density at radius 3 is 1.26 bits per heavy atom. The molecule has 0 aliphatic carbocycles. The van der Waals surface area contributed by atoms with Gasteiger partial charge >= 0.3 is 23.9 Å². The number of carboxylic acid groups (broad SMARTS) is 2. The van der Waals surface area contributed by atoms with Crippen molar-refractivity contribution in [2.75, 3.05) is 0 Å². The van der Waals surface area contributed by atoms with E-state index in [1.807, 2.05) is 12.1 Å². The number of carboxylic acids is 2. The first-order chi connectivity index (χ1) is 19.9. The number of aliphatic carboxylic acids is 1. The van der Waals surface area contributed by atoms with Crippen LogP contribution < -0.4 is 10.2 Å². The van der Waals surface area contributed by atoms with E-state index in [1.54, 1.807) is 12.1 Å². The van der Waals surface area contributed by atoms with E-state index in [9.17, 15) is 19.8 Å². The Balaban J connectivity index is -0.000000279. The van der Waals surface area contributed by atoms with Crippen molar-refractivity contribution in [1.29, 1.82) is 0 Å². The molecule has 0 aromatic heterocycles. The molecule has 0 saturated carbocycles. The fraction of sp³-hybridized carbons (Fsp3) is 0.730. The maximum absolute atomic E-state index is 10.7. The van der Waals surface area contributed by atoms with Crippen molar-refractivity contribution >= 4 is 35.8 Å². The second-order valence-electron chi connectivity index (χ2n) is 10.8. The Labute approximate surface area is 279 Å². The molecule has 0 fully saturated rings. The molecule has 0 saturated heterocycles. The summed E-state index contributed by atoms with van der Waals surface area (Å²) in [7, 11) is 0. The van der Waals surface area contributed by atoms with Crippen LogP contribution in [0.25, 0.3) is 0 Å². The van der Waals surface area contributed by atoms with Crippen LogP contribution in [0.3, 0.4) is 0 Å². The SMILES string of the molecule is CCCCCCCCCCCCCCCCCC(=O)[O-].CCCCc1ccccc1C(=O)[O-].[CH2]CCC.[CH2]CCC.[Sn+2]. The first-order valence-corrected chi connectivity index (χ1v) is 16.9. The van der Waals surface area contributed by atoms with Crippen LogP contribution in [-0.4, -0.2) is 35.8 Å². The minimum Gasteiger partial charge on any atom is -0.550 e. The van der Waals surface area contributed by atoms with Gasteiger partial charge in [0, 0.05) is 11.5 Å². The zero-order chi connectivity index (χ0) is 31.4. The number of benzene rings is 1. The van der Waals surface area contributed by atoms with Gasteiger partial charge in [-0.2, -0.15) is 0 Å². The van der Waals surface area contributed by atoms with E-state index in [2.05, 4.69) is 41.5 Å². The third-order valence-electron chi connectivity index (χ3n) is 6.73. The summed E-state index contributed by atoms with van der Waals surface area (Å²) in [5.74, 6) is -1.98. The standard InChI is InChI=1S/C18H36O2.C11H14O2.2C4H9.Sn/c1-2-3-4-5-6-7-8-9-10-11-12-13-14-15-16-17-18(19)20;1-2-3-6-9-7-4-5-8-10(9)11(12)13;2*1-3-4-2;/h2-17H2,1H3,(H,19,20);4-5,7-8H,2-3,6H2,1H3,(H,12,13);2*1,3-4H2,2H3;/q;;;;+2/p-2. The molecule has 0 spiro atoms. The van der Waals surface area contributed by atoms with Gasteiger partial charge in [0.2, 0.25) is 0 Å². The molecule has 1 aromatic carbocycles. The van der Waals surface area contributed by atoms with Crippen LogP contribution in [0, 0.1) is 13.8 Å². The molecule has 0 heterocycles. The third-order valence-corrected chi connectivity index (χ3v) is 6.73. The van der Waals surface area contributed by atoms with Gasteiger partial charge in [-0.25, -0.2) is 0 Å². The van der Waals surface area contributed by atoms with E-state index in [4.69, 9.17) is 0 Å². The van der Waals surface area contributed by atoms with Gasteiger partial charge in [0.25, 0.3) is 0 Å². The van der Waals surface area contributed by atoms with Crippen molar-refractivity contribution in [2.45, 2.75) is 175 Å². The Morgan fingerprint density at radius 1 is 0.571 bits per heavy atom. The largest absolute Gasteiger partial charge is 2.00 e. The summed E-state index contributed by atoms with van der Waals surface area (Å²) >= 11 is 0. The number of aryl methyl sites for hydroxylation is 1. The zero-order valence-corrected chi connectivity index (χ0v) is 31.0. The molecule has 0 bridgehead atoms. The van der Waals surface area contributed by atoms with Gasteiger partial charge in [-0.15, -0.1) is 0 Å². The van der Waals surface area contributed by atoms with E-state index < -0.39 is 11.9 Å². The molecule has 0 unspecified atom stereocenters. The fourth-order valence-electron chi connectivity index (χ4n) is 3.95. The van der Waals surface area contributed by atoms with Crippen LogP contribution >= 0.6 is 0 Å². The predicted octanol–water partition coefficient (Wildman–Crippen LogP) is 9.25. The second-order valence-corrected chi connectivity index (χ2v) is 10.8. The van der Waals surface area contributed by atoms with Crippen LogP contribution in [0.1, 0.15) is 185 Å². The molecule has 242 valence electrons. The van der Waals surface area contributed by atoms with Gasteiger partial charge in [-0.05, 0) is 31.2 Å². The molecule has 1 aromatic rings. The zero-order valence-electron chi connectivity index (χ0n) is 28.1. The summed E-state index contributed by atoms with van der Waals surface area (Å²) in [6.45, 7) is 15.8. The topological polar surface area (TPSA) is 80.3 Å². The monoisotopic (exact) mass is 694 g/mol. The van der Waals surface area contributed by atoms with E-state index in [0.717, 1.165) is 50.5 Å². The van der Waals surface area contributed by atoms with Crippen molar-refractivity contribution in [1.82, 2.24) is 0 Å². The summed E-state index contributed by atoms with van der Waals surface area (Å²) in [5.41, 5.74) is 1.21. The van der Waals surface area contributed by atoms with Gasteiger partial charge in [-0.1, -0.05) is 188 Å². The molecular formula is C37H66O4Sn. The van der Waals surface area contributed by atoms with Crippen LogP contribution in [-0.2, 0) is 11.2 Å². The summed E-state index contributed by atoms with van der Waals surface area (Å²) < 4.78 is 0. The Kier molecular flexibility index (Phi) is 48.0. The van der Waals surface area contributed by atoms with Crippen LogP contribution in [0.2, 0.25) is 0 Å². The smallest absolute Gasteiger partial charge is 0.550 e. The molecular weight excluding hydrogens is 627 g/mol. The number of hydrogen-bond donors (Lipinski definition) is 0. The first kappa shape index (κ1) is 47.9. The number of unbranched alkanes of at least 4 members (excludes halogenated alkanes) is 17. The molecule has 0 atom stereocenters. The van der Waals surface area contributed by atoms with Gasteiger partial charge in [0.05, 0.1) is 5.97 Å². The van der Waals surface area contributed by atoms with E-state index in [-0.39, 0.29) is 30.3 Å². The second kappa shape index (κ2) is 42.1. The Bertz CT molecular complexity index is 655. The molecule has 4 nitrogen and oxygen atoms in total. The summed E-state index contributed by atoms with van der Waals surface area (Å²) in [5, 5.41) is 20.9. The minimum atomic E-state index is -1.08. The number of rotatable bonds is 22.